The zero-order chi connectivity index (χ0) is 25.2. The van der Waals surface area contributed by atoms with Crippen LogP contribution in [0, 0.1) is 0 Å². The van der Waals surface area contributed by atoms with Crippen LogP contribution in [0.2, 0.25) is 10.0 Å². The molecular formula is C22H23Cl2NO9. The van der Waals surface area contributed by atoms with Crippen molar-refractivity contribution < 1.29 is 42.9 Å². The number of aromatic nitrogens is 1. The first-order valence-corrected chi connectivity index (χ1v) is 11.0. The number of ether oxygens (including phenoxy) is 5. The zero-order valence-corrected chi connectivity index (χ0v) is 20.3. The Morgan fingerprint density at radius 1 is 0.882 bits per heavy atom. The summed E-state index contributed by atoms with van der Waals surface area (Å²) in [7, 11) is 0. The third-order valence-corrected chi connectivity index (χ3v) is 5.54. The summed E-state index contributed by atoms with van der Waals surface area (Å²) in [5.41, 5.74) is 1.05. The van der Waals surface area contributed by atoms with Gasteiger partial charge in [0.05, 0.1) is 5.02 Å². The fourth-order valence-corrected chi connectivity index (χ4v) is 4.51. The van der Waals surface area contributed by atoms with Crippen LogP contribution < -0.4 is 0 Å². The van der Waals surface area contributed by atoms with Gasteiger partial charge in [-0.05, 0) is 12.1 Å². The van der Waals surface area contributed by atoms with E-state index in [4.69, 9.17) is 46.9 Å². The van der Waals surface area contributed by atoms with Gasteiger partial charge in [0, 0.05) is 55.4 Å². The van der Waals surface area contributed by atoms with E-state index in [1.165, 1.54) is 19.9 Å². The monoisotopic (exact) mass is 515 g/mol. The van der Waals surface area contributed by atoms with E-state index in [-0.39, 0.29) is 6.61 Å². The van der Waals surface area contributed by atoms with Gasteiger partial charge in [0.1, 0.15) is 18.8 Å². The Balaban J connectivity index is 2.16. The minimum absolute atomic E-state index is 0.298. The molecule has 1 saturated heterocycles. The highest BCUT2D eigenvalue weighted by Crippen LogP contribution is 2.42. The van der Waals surface area contributed by atoms with Crippen LogP contribution in [0.1, 0.15) is 39.4 Å². The van der Waals surface area contributed by atoms with Gasteiger partial charge in [-0.25, -0.2) is 0 Å². The predicted octanol–water partition coefficient (Wildman–Crippen LogP) is 3.27. The maximum atomic E-state index is 12.0. The minimum atomic E-state index is -1.28. The van der Waals surface area contributed by atoms with E-state index in [1.54, 1.807) is 12.3 Å². The number of hydrogen-bond acceptors (Lipinski definition) is 9. The van der Waals surface area contributed by atoms with Crippen LogP contribution in [0.15, 0.2) is 18.3 Å². The third kappa shape index (κ3) is 5.81. The van der Waals surface area contributed by atoms with Crippen molar-refractivity contribution in [2.45, 2.75) is 58.2 Å². The average molecular weight is 516 g/mol. The molecule has 3 rings (SSSR count). The topological polar surface area (TPSA) is 130 Å². The molecule has 1 N–H and O–H groups in total. The van der Waals surface area contributed by atoms with Gasteiger partial charge in [-0.1, -0.05) is 23.2 Å². The first-order valence-electron chi connectivity index (χ1n) is 10.2. The summed E-state index contributed by atoms with van der Waals surface area (Å²) in [5.74, 6) is -2.71. The average Bonchev–Trinajstić information content (AvgIpc) is 3.12. The minimum Gasteiger partial charge on any atom is -0.463 e. The Kier molecular flexibility index (Phi) is 8.06. The molecule has 0 bridgehead atoms. The second kappa shape index (κ2) is 10.6. The number of carbonyl (C=O) groups is 4. The number of halogens is 2. The van der Waals surface area contributed by atoms with Gasteiger partial charge in [0.2, 0.25) is 0 Å². The molecular weight excluding hydrogens is 493 g/mol. The van der Waals surface area contributed by atoms with Gasteiger partial charge >= 0.3 is 23.9 Å². The molecule has 0 radical (unpaired) electrons. The maximum Gasteiger partial charge on any atom is 0.303 e. The van der Waals surface area contributed by atoms with E-state index in [9.17, 15) is 19.2 Å². The molecule has 2 aromatic rings. The molecule has 0 aliphatic carbocycles. The highest BCUT2D eigenvalue weighted by molar-refractivity contribution is 6.38. The van der Waals surface area contributed by atoms with E-state index in [0.717, 1.165) is 13.8 Å². The van der Waals surface area contributed by atoms with E-state index in [1.807, 2.05) is 0 Å². The standard InChI is InChI=1S/C22H23Cl2NO9/c1-9(26)30-8-17-20(31-10(2)27)22(33-12(4)29)21(32-11(3)28)19(34-17)14-7-25-16-6-13(23)5-15(24)18(14)16/h5-7,17,19-22,25H,8H2,1-4H3/t17-,19+,20-,21+,22+/m1/s1. The largest absolute Gasteiger partial charge is 0.463 e. The Morgan fingerprint density at radius 2 is 1.47 bits per heavy atom. The number of aromatic amines is 1. The normalized spacial score (nSPS) is 24.4. The number of nitrogens with one attached hydrogen (secondary N) is 1. The second-order valence-electron chi connectivity index (χ2n) is 7.67. The number of benzene rings is 1. The van der Waals surface area contributed by atoms with Gasteiger partial charge in [-0.3, -0.25) is 19.2 Å². The quantitative estimate of drug-likeness (QED) is 0.454. The van der Waals surface area contributed by atoms with Crippen molar-refractivity contribution in [1.29, 1.82) is 0 Å². The van der Waals surface area contributed by atoms with Crippen LogP contribution in [-0.2, 0) is 42.9 Å². The van der Waals surface area contributed by atoms with Crippen molar-refractivity contribution >= 4 is 58.0 Å². The molecule has 34 heavy (non-hydrogen) atoms. The zero-order valence-electron chi connectivity index (χ0n) is 18.8. The molecule has 12 heteroatoms. The molecule has 10 nitrogen and oxygen atoms in total. The fraction of sp³-hybridized carbons (Fsp3) is 0.455. The Bertz CT molecular complexity index is 1120. The first kappa shape index (κ1) is 25.8. The number of carbonyl (C=O) groups excluding carboxylic acids is 4. The van der Waals surface area contributed by atoms with Crippen molar-refractivity contribution in [3.63, 3.8) is 0 Å². The lowest BCUT2D eigenvalue weighted by molar-refractivity contribution is -0.254. The number of fused-ring (bicyclic) bond motifs is 1. The van der Waals surface area contributed by atoms with Crippen molar-refractivity contribution in [2.75, 3.05) is 6.61 Å². The molecule has 1 aliphatic rings. The number of hydrogen-bond donors (Lipinski definition) is 1. The number of H-pyrrole nitrogens is 1. The molecule has 2 heterocycles. The van der Waals surface area contributed by atoms with Crippen molar-refractivity contribution in [2.24, 2.45) is 0 Å². The number of rotatable bonds is 6. The summed E-state index contributed by atoms with van der Waals surface area (Å²) in [6.45, 7) is 4.37. The SMILES string of the molecule is CC(=O)OC[C@H]1O[C@@H](c2c[nH]c3cc(Cl)cc(Cl)c23)[C@H](OC(C)=O)[C@@H](OC(C)=O)[C@@H]1OC(C)=O. The molecule has 184 valence electrons. The van der Waals surface area contributed by atoms with Crippen LogP contribution in [0.3, 0.4) is 0 Å². The van der Waals surface area contributed by atoms with Crippen LogP contribution in [0.5, 0.6) is 0 Å². The van der Waals surface area contributed by atoms with Gasteiger partial charge in [0.25, 0.3) is 0 Å². The molecule has 1 aliphatic heterocycles. The summed E-state index contributed by atoms with van der Waals surface area (Å²) in [5, 5.41) is 1.23. The Hall–Kier alpha value is -2.82. The molecule has 1 fully saturated rings. The van der Waals surface area contributed by atoms with Gasteiger partial charge in [-0.15, -0.1) is 0 Å². The lowest BCUT2D eigenvalue weighted by Gasteiger charge is -2.44. The molecule has 0 spiro atoms. The molecule has 0 saturated carbocycles. The van der Waals surface area contributed by atoms with Crippen molar-refractivity contribution in [1.82, 2.24) is 4.98 Å². The van der Waals surface area contributed by atoms with E-state index in [2.05, 4.69) is 4.98 Å². The maximum absolute atomic E-state index is 12.0. The van der Waals surface area contributed by atoms with Crippen LogP contribution in [0.25, 0.3) is 10.9 Å². The van der Waals surface area contributed by atoms with Crippen LogP contribution in [-0.4, -0.2) is 59.9 Å². The molecule has 0 amide bonds. The van der Waals surface area contributed by atoms with Crippen molar-refractivity contribution in [3.05, 3.63) is 33.9 Å². The molecule has 1 aromatic carbocycles. The fourth-order valence-electron chi connectivity index (χ4n) is 3.91. The molecule has 0 unspecified atom stereocenters. The van der Waals surface area contributed by atoms with Crippen LogP contribution >= 0.6 is 23.2 Å². The predicted molar refractivity (Wildman–Crippen MR) is 119 cm³/mol. The summed E-state index contributed by atoms with van der Waals surface area (Å²) in [6, 6.07) is 3.19. The highest BCUT2D eigenvalue weighted by Gasteiger charge is 2.53. The van der Waals surface area contributed by atoms with Gasteiger partial charge in [0.15, 0.2) is 18.3 Å². The first-order chi connectivity index (χ1) is 16.0. The number of esters is 4. The summed E-state index contributed by atoms with van der Waals surface area (Å²) < 4.78 is 27.6. The second-order valence-corrected chi connectivity index (χ2v) is 8.52. The van der Waals surface area contributed by atoms with E-state index >= 15 is 0 Å². The summed E-state index contributed by atoms with van der Waals surface area (Å²) in [4.78, 5) is 50.3. The third-order valence-electron chi connectivity index (χ3n) is 5.02. The van der Waals surface area contributed by atoms with Crippen LogP contribution in [0.4, 0.5) is 0 Å². The smallest absolute Gasteiger partial charge is 0.303 e. The lowest BCUT2D eigenvalue weighted by atomic mass is 9.90. The Morgan fingerprint density at radius 3 is 2.06 bits per heavy atom. The van der Waals surface area contributed by atoms with E-state index in [0.29, 0.717) is 26.5 Å². The summed E-state index contributed by atoms with van der Waals surface area (Å²) in [6.07, 6.45) is -4.27. The lowest BCUT2D eigenvalue weighted by Crippen LogP contribution is -2.59. The molecule has 5 atom stereocenters. The Labute approximate surface area is 204 Å². The molecule has 1 aromatic heterocycles. The van der Waals surface area contributed by atoms with E-state index < -0.39 is 54.4 Å². The van der Waals surface area contributed by atoms with Gasteiger partial charge in [-0.2, -0.15) is 0 Å². The van der Waals surface area contributed by atoms with Gasteiger partial charge < -0.3 is 28.7 Å². The van der Waals surface area contributed by atoms with Crippen molar-refractivity contribution in [3.8, 4) is 0 Å². The summed E-state index contributed by atoms with van der Waals surface area (Å²) >= 11 is 12.5. The highest BCUT2D eigenvalue weighted by atomic mass is 35.5.